The average Bonchev–Trinajstić information content (AvgIpc) is 3.04. The Hall–Kier alpha value is -1.78. The first-order chi connectivity index (χ1) is 13.3. The fourth-order valence-electron chi connectivity index (χ4n) is 3.37. The van der Waals surface area contributed by atoms with Gasteiger partial charge in [0.1, 0.15) is 5.82 Å². The van der Waals surface area contributed by atoms with E-state index in [9.17, 15) is 13.9 Å². The van der Waals surface area contributed by atoms with E-state index in [-0.39, 0.29) is 29.8 Å². The lowest BCUT2D eigenvalue weighted by Crippen LogP contribution is -2.42. The van der Waals surface area contributed by atoms with Gasteiger partial charge in [0.25, 0.3) is 5.91 Å². The Balaban J connectivity index is 0.00000240. The molecule has 3 N–H and O–H groups in total. The molecule has 0 aliphatic carbocycles. The standard InChI is InChI=1S/C19H21BrN4O3S.ClH/c1-23-6-5-15-17(23)16(19(25)24-7-9-28(26,27)10-8-24)12-21-18(15)22-14-4-2-3-13(20)11-14;/h2-6,11-12,26-27H,7-10H2,1H3,(H,21,22);1H. The van der Waals surface area contributed by atoms with Crippen molar-refractivity contribution in [3.05, 3.63) is 52.8 Å². The molecule has 0 saturated carbocycles. The van der Waals surface area contributed by atoms with Crippen LogP contribution >= 0.6 is 38.9 Å². The Morgan fingerprint density at radius 1 is 1.24 bits per heavy atom. The smallest absolute Gasteiger partial charge is 0.257 e. The van der Waals surface area contributed by atoms with Crippen molar-refractivity contribution in [3.63, 3.8) is 0 Å². The number of benzene rings is 1. The van der Waals surface area contributed by atoms with Crippen molar-refractivity contribution < 1.29 is 13.9 Å². The molecule has 1 fully saturated rings. The molecule has 0 atom stereocenters. The fourth-order valence-corrected chi connectivity index (χ4v) is 5.00. The topological polar surface area (TPSA) is 90.6 Å². The molecule has 3 heterocycles. The number of hydrogen-bond donors (Lipinski definition) is 3. The Bertz CT molecular complexity index is 1050. The van der Waals surface area contributed by atoms with E-state index in [1.807, 2.05) is 48.1 Å². The Labute approximate surface area is 185 Å². The number of carbonyl (C=O) groups excluding carboxylic acids is 1. The van der Waals surface area contributed by atoms with Crippen LogP contribution in [0.2, 0.25) is 0 Å². The summed E-state index contributed by atoms with van der Waals surface area (Å²) >= 11 is 3.46. The summed E-state index contributed by atoms with van der Waals surface area (Å²) in [6, 6.07) is 9.74. The quantitative estimate of drug-likeness (QED) is 0.484. The van der Waals surface area contributed by atoms with Gasteiger partial charge in [-0.15, -0.1) is 12.4 Å². The van der Waals surface area contributed by atoms with Gasteiger partial charge in [-0.2, -0.15) is 10.6 Å². The molecule has 7 nitrogen and oxygen atoms in total. The van der Waals surface area contributed by atoms with Crippen molar-refractivity contribution in [1.29, 1.82) is 0 Å². The number of aromatic nitrogens is 2. The second kappa shape index (κ2) is 8.53. The van der Waals surface area contributed by atoms with Gasteiger partial charge in [-0.1, -0.05) is 22.0 Å². The predicted octanol–water partition coefficient (Wildman–Crippen LogP) is 4.71. The number of amides is 1. The second-order valence-corrected chi connectivity index (χ2v) is 10.2. The second-order valence-electron chi connectivity index (χ2n) is 6.85. The maximum absolute atomic E-state index is 13.1. The summed E-state index contributed by atoms with van der Waals surface area (Å²) in [5.41, 5.74) is 2.21. The van der Waals surface area contributed by atoms with E-state index in [1.54, 1.807) is 11.1 Å². The van der Waals surface area contributed by atoms with E-state index in [1.165, 1.54) is 0 Å². The molecule has 2 aromatic heterocycles. The van der Waals surface area contributed by atoms with Crippen LogP contribution in [0.1, 0.15) is 10.4 Å². The summed E-state index contributed by atoms with van der Waals surface area (Å²) in [6.07, 6.45) is 3.50. The first-order valence-electron chi connectivity index (χ1n) is 8.83. The number of halogens is 2. The molecule has 156 valence electrons. The number of fused-ring (bicyclic) bond motifs is 1. The van der Waals surface area contributed by atoms with Crippen molar-refractivity contribution >= 4 is 67.2 Å². The maximum atomic E-state index is 13.1. The lowest BCUT2D eigenvalue weighted by molar-refractivity contribution is 0.0769. The molecular weight excluding hydrogens is 480 g/mol. The summed E-state index contributed by atoms with van der Waals surface area (Å²) in [7, 11) is -0.647. The van der Waals surface area contributed by atoms with Gasteiger partial charge in [-0.05, 0) is 24.3 Å². The Morgan fingerprint density at radius 2 is 1.97 bits per heavy atom. The van der Waals surface area contributed by atoms with E-state index < -0.39 is 10.6 Å². The zero-order valence-corrected chi connectivity index (χ0v) is 18.9. The molecule has 29 heavy (non-hydrogen) atoms. The third-order valence-corrected chi connectivity index (χ3v) is 7.05. The van der Waals surface area contributed by atoms with Gasteiger partial charge in [-0.3, -0.25) is 13.9 Å². The highest BCUT2D eigenvalue weighted by atomic mass is 79.9. The lowest BCUT2D eigenvalue weighted by atomic mass is 10.1. The van der Waals surface area contributed by atoms with E-state index >= 15 is 0 Å². The first-order valence-corrected chi connectivity index (χ1v) is 11.5. The van der Waals surface area contributed by atoms with Crippen LogP contribution in [-0.2, 0) is 7.05 Å². The molecule has 4 rings (SSSR count). The largest absolute Gasteiger partial charge is 0.350 e. The molecule has 1 amide bonds. The van der Waals surface area contributed by atoms with Gasteiger partial charge in [0, 0.05) is 48.1 Å². The maximum Gasteiger partial charge on any atom is 0.257 e. The minimum absolute atomic E-state index is 0. The molecule has 0 bridgehead atoms. The van der Waals surface area contributed by atoms with Gasteiger partial charge in [0.05, 0.1) is 22.6 Å². The SMILES string of the molecule is Cl.Cn1ccc2c(Nc3cccc(Br)c3)ncc(C(=O)N3CCS(O)(O)CC3)c21. The van der Waals surface area contributed by atoms with Crippen LogP contribution in [0.25, 0.3) is 10.9 Å². The molecule has 3 aromatic rings. The fraction of sp³-hybridized carbons (Fsp3) is 0.263. The molecule has 0 unspecified atom stereocenters. The molecular formula is C19H22BrClN4O3S. The highest BCUT2D eigenvalue weighted by molar-refractivity contribution is 9.10. The number of nitrogens with one attached hydrogen (secondary N) is 1. The predicted molar refractivity (Wildman–Crippen MR) is 124 cm³/mol. The van der Waals surface area contributed by atoms with E-state index in [0.29, 0.717) is 24.5 Å². The number of hydrogen-bond acceptors (Lipinski definition) is 5. The molecule has 10 heteroatoms. The zero-order chi connectivity index (χ0) is 19.9. The third kappa shape index (κ3) is 4.54. The van der Waals surface area contributed by atoms with E-state index in [0.717, 1.165) is 21.1 Å². The van der Waals surface area contributed by atoms with Gasteiger partial charge in [-0.25, -0.2) is 4.98 Å². The van der Waals surface area contributed by atoms with Gasteiger partial charge in [0.2, 0.25) is 0 Å². The van der Waals surface area contributed by atoms with Crippen LogP contribution in [0.5, 0.6) is 0 Å². The molecule has 0 radical (unpaired) electrons. The van der Waals surface area contributed by atoms with Gasteiger partial charge in [0.15, 0.2) is 0 Å². The van der Waals surface area contributed by atoms with E-state index in [4.69, 9.17) is 0 Å². The summed E-state index contributed by atoms with van der Waals surface area (Å²) in [6.45, 7) is 0.677. The first kappa shape index (κ1) is 21.9. The highest BCUT2D eigenvalue weighted by Crippen LogP contribution is 2.40. The zero-order valence-electron chi connectivity index (χ0n) is 15.7. The lowest BCUT2D eigenvalue weighted by Gasteiger charge is -2.40. The number of rotatable bonds is 3. The van der Waals surface area contributed by atoms with Crippen LogP contribution < -0.4 is 5.32 Å². The van der Waals surface area contributed by atoms with Crippen LogP contribution in [0.15, 0.2) is 47.2 Å². The van der Waals surface area contributed by atoms with Crippen LogP contribution in [0.3, 0.4) is 0 Å². The minimum atomic E-state index is -2.54. The minimum Gasteiger partial charge on any atom is -0.350 e. The van der Waals surface area contributed by atoms with Gasteiger partial charge >= 0.3 is 0 Å². The van der Waals surface area contributed by atoms with Crippen molar-refractivity contribution in [2.75, 3.05) is 29.9 Å². The molecule has 1 saturated heterocycles. The van der Waals surface area contributed by atoms with Crippen LogP contribution in [-0.4, -0.2) is 54.1 Å². The molecule has 1 aliphatic rings. The number of aryl methyl sites for hydroxylation is 1. The summed E-state index contributed by atoms with van der Waals surface area (Å²) in [5.74, 6) is 0.997. The van der Waals surface area contributed by atoms with Crippen LogP contribution in [0, 0.1) is 0 Å². The van der Waals surface area contributed by atoms with Crippen LogP contribution in [0.4, 0.5) is 11.5 Å². The molecule has 1 aromatic carbocycles. The number of pyridine rings is 1. The number of anilines is 2. The van der Waals surface area contributed by atoms with E-state index in [2.05, 4.69) is 26.2 Å². The summed E-state index contributed by atoms with van der Waals surface area (Å²) in [4.78, 5) is 19.3. The summed E-state index contributed by atoms with van der Waals surface area (Å²) in [5, 5.41) is 4.17. The normalized spacial score (nSPS) is 16.9. The average molecular weight is 502 g/mol. The monoisotopic (exact) mass is 500 g/mol. The summed E-state index contributed by atoms with van der Waals surface area (Å²) < 4.78 is 22.5. The van der Waals surface area contributed by atoms with Crippen molar-refractivity contribution in [2.45, 2.75) is 0 Å². The van der Waals surface area contributed by atoms with Crippen molar-refractivity contribution in [1.82, 2.24) is 14.5 Å². The highest BCUT2D eigenvalue weighted by Gasteiger charge is 2.28. The van der Waals surface area contributed by atoms with Crippen molar-refractivity contribution in [3.8, 4) is 0 Å². The third-order valence-electron chi connectivity index (χ3n) is 4.89. The molecule has 0 spiro atoms. The Kier molecular flexibility index (Phi) is 6.45. The van der Waals surface area contributed by atoms with Crippen molar-refractivity contribution in [2.24, 2.45) is 7.05 Å². The van der Waals surface area contributed by atoms with Gasteiger partial charge < -0.3 is 14.8 Å². The molecule has 1 aliphatic heterocycles. The number of carbonyl (C=O) groups is 1. The number of nitrogens with zero attached hydrogens (tertiary/aromatic N) is 3. The Morgan fingerprint density at radius 3 is 2.66 bits per heavy atom.